The van der Waals surface area contributed by atoms with Crippen LogP contribution in [0.4, 0.5) is 0 Å². The Morgan fingerprint density at radius 1 is 0.893 bits per heavy atom. The lowest BCUT2D eigenvalue weighted by Gasteiger charge is -2.14. The van der Waals surface area contributed by atoms with E-state index in [0.29, 0.717) is 5.56 Å². The Morgan fingerprint density at radius 3 is 1.96 bits per heavy atom. The predicted molar refractivity (Wildman–Crippen MR) is 99.3 cm³/mol. The van der Waals surface area contributed by atoms with Gasteiger partial charge in [-0.05, 0) is 29.8 Å². The molecule has 144 valence electrons. The molecule has 7 N–H and O–H groups in total. The molecule has 2 aromatic rings. The summed E-state index contributed by atoms with van der Waals surface area (Å²) in [6, 6.07) is 11.1. The number of hydrogen-bond acceptors (Lipinski definition) is 6. The fourth-order valence-electron chi connectivity index (χ4n) is 2.47. The van der Waals surface area contributed by atoms with E-state index in [1.165, 1.54) is 54.0 Å². The van der Waals surface area contributed by atoms with Gasteiger partial charge >= 0.3 is 11.9 Å². The molecule has 0 heterocycles. The van der Waals surface area contributed by atoms with Crippen LogP contribution in [0.25, 0.3) is 5.70 Å². The van der Waals surface area contributed by atoms with E-state index in [4.69, 9.17) is 26.6 Å². The number of hydrogen-bond donors (Lipinski definition) is 6. The zero-order valence-corrected chi connectivity index (χ0v) is 14.5. The number of nitrogens with one attached hydrogen (secondary N) is 2. The first-order valence-corrected chi connectivity index (χ1v) is 7.92. The normalized spacial score (nSPS) is 11.3. The number of hydroxylamine groups is 1. The Labute approximate surface area is 159 Å². The van der Waals surface area contributed by atoms with Gasteiger partial charge < -0.3 is 15.9 Å². The monoisotopic (exact) mass is 383 g/mol. The van der Waals surface area contributed by atoms with Crippen molar-refractivity contribution in [1.29, 1.82) is 5.41 Å². The minimum Gasteiger partial charge on any atom is -0.478 e. The zero-order chi connectivity index (χ0) is 20.8. The molecule has 0 radical (unpaired) electrons. The molecule has 2 rings (SSSR count). The van der Waals surface area contributed by atoms with Gasteiger partial charge in [0.05, 0.1) is 23.3 Å². The van der Waals surface area contributed by atoms with Crippen LogP contribution in [0, 0.1) is 5.41 Å². The molecule has 0 aliphatic carbocycles. The number of nitrogens with two attached hydrogens (primary N) is 1. The molecule has 0 saturated carbocycles. The van der Waals surface area contributed by atoms with Crippen molar-refractivity contribution >= 4 is 29.3 Å². The molecule has 0 aliphatic heterocycles. The average Bonchev–Trinajstić information content (AvgIpc) is 2.70. The third-order valence-electron chi connectivity index (χ3n) is 3.93. The molecule has 1 amide bonds. The van der Waals surface area contributed by atoms with Gasteiger partial charge in [-0.25, -0.2) is 15.1 Å². The fourth-order valence-corrected chi connectivity index (χ4v) is 2.47. The van der Waals surface area contributed by atoms with Gasteiger partial charge in [-0.1, -0.05) is 24.3 Å². The third kappa shape index (κ3) is 4.59. The van der Waals surface area contributed by atoms with Gasteiger partial charge in [-0.2, -0.15) is 0 Å². The molecule has 28 heavy (non-hydrogen) atoms. The molecule has 9 nitrogen and oxygen atoms in total. The third-order valence-corrected chi connectivity index (χ3v) is 3.93. The maximum atomic E-state index is 11.7. The number of aromatic carboxylic acids is 2. The van der Waals surface area contributed by atoms with Crippen molar-refractivity contribution in [2.45, 2.75) is 6.42 Å². The van der Waals surface area contributed by atoms with Crippen molar-refractivity contribution in [3.8, 4) is 0 Å². The Hall–Kier alpha value is -3.98. The second-order valence-corrected chi connectivity index (χ2v) is 5.75. The highest BCUT2D eigenvalue weighted by molar-refractivity contribution is 6.17. The summed E-state index contributed by atoms with van der Waals surface area (Å²) in [5.74, 6) is -3.11. The van der Waals surface area contributed by atoms with E-state index in [-0.39, 0.29) is 33.7 Å². The molecule has 0 fully saturated rings. The molecular weight excluding hydrogens is 366 g/mol. The number of rotatable bonds is 7. The number of amides is 1. The average molecular weight is 383 g/mol. The van der Waals surface area contributed by atoms with E-state index in [0.717, 1.165) is 0 Å². The summed E-state index contributed by atoms with van der Waals surface area (Å²) in [6.45, 7) is 0. The van der Waals surface area contributed by atoms with E-state index >= 15 is 0 Å². The summed E-state index contributed by atoms with van der Waals surface area (Å²) < 4.78 is 0. The van der Waals surface area contributed by atoms with Crippen LogP contribution in [0.3, 0.4) is 0 Å². The minimum absolute atomic E-state index is 0.0197. The van der Waals surface area contributed by atoms with Gasteiger partial charge in [-0.15, -0.1) is 0 Å². The SMILES string of the molecule is N=C(/C(CC(=O)NO)=C(\N)c1ccc(C(=O)O)cc1)c1cccc(C(=O)O)c1. The molecule has 0 unspecified atom stereocenters. The smallest absolute Gasteiger partial charge is 0.335 e. The van der Waals surface area contributed by atoms with Gasteiger partial charge in [0, 0.05) is 16.8 Å². The Balaban J connectivity index is 2.53. The molecule has 0 spiro atoms. The van der Waals surface area contributed by atoms with Gasteiger partial charge in [-0.3, -0.25) is 15.4 Å². The summed E-state index contributed by atoms with van der Waals surface area (Å²) in [6.07, 6.45) is -0.445. The van der Waals surface area contributed by atoms with Crippen LogP contribution >= 0.6 is 0 Å². The second-order valence-electron chi connectivity index (χ2n) is 5.75. The molecule has 0 aromatic heterocycles. The fraction of sp³-hybridized carbons (Fsp3) is 0.0526. The van der Waals surface area contributed by atoms with Crippen LogP contribution < -0.4 is 11.2 Å². The quantitative estimate of drug-likeness (QED) is 0.240. The number of carboxylic acids is 2. The van der Waals surface area contributed by atoms with E-state index < -0.39 is 24.3 Å². The maximum absolute atomic E-state index is 11.7. The van der Waals surface area contributed by atoms with E-state index in [2.05, 4.69) is 0 Å². The van der Waals surface area contributed by atoms with E-state index in [1.54, 1.807) is 0 Å². The van der Waals surface area contributed by atoms with Gasteiger partial charge in [0.2, 0.25) is 5.91 Å². The summed E-state index contributed by atoms with van der Waals surface area (Å²) >= 11 is 0. The van der Waals surface area contributed by atoms with Crippen LogP contribution in [0.15, 0.2) is 54.1 Å². The predicted octanol–water partition coefficient (Wildman–Crippen LogP) is 1.72. The lowest BCUT2D eigenvalue weighted by atomic mass is 9.94. The highest BCUT2D eigenvalue weighted by atomic mass is 16.5. The Kier molecular flexibility index (Phi) is 6.25. The Morgan fingerprint density at radius 2 is 1.43 bits per heavy atom. The summed E-state index contributed by atoms with van der Waals surface area (Å²) in [4.78, 5) is 33.8. The summed E-state index contributed by atoms with van der Waals surface area (Å²) in [7, 11) is 0. The number of carbonyl (C=O) groups is 3. The molecule has 0 saturated heterocycles. The summed E-state index contributed by atoms with van der Waals surface area (Å²) in [5, 5.41) is 35.3. The van der Waals surface area contributed by atoms with Crippen LogP contribution in [0.2, 0.25) is 0 Å². The van der Waals surface area contributed by atoms with E-state index in [9.17, 15) is 14.4 Å². The van der Waals surface area contributed by atoms with Crippen LogP contribution in [-0.4, -0.2) is 39.0 Å². The van der Waals surface area contributed by atoms with Crippen LogP contribution in [0.5, 0.6) is 0 Å². The lowest BCUT2D eigenvalue weighted by Crippen LogP contribution is -2.23. The van der Waals surface area contributed by atoms with Gasteiger partial charge in [0.15, 0.2) is 0 Å². The van der Waals surface area contributed by atoms with Crippen molar-refractivity contribution < 1.29 is 29.8 Å². The minimum atomic E-state index is -1.18. The van der Waals surface area contributed by atoms with E-state index in [1.807, 2.05) is 0 Å². The van der Waals surface area contributed by atoms with Crippen molar-refractivity contribution in [3.05, 3.63) is 76.4 Å². The van der Waals surface area contributed by atoms with Crippen LogP contribution in [-0.2, 0) is 4.79 Å². The molecule has 0 aliphatic rings. The lowest BCUT2D eigenvalue weighted by molar-refractivity contribution is -0.128. The molecule has 0 bridgehead atoms. The van der Waals surface area contributed by atoms with Crippen molar-refractivity contribution in [2.24, 2.45) is 5.73 Å². The van der Waals surface area contributed by atoms with Crippen molar-refractivity contribution in [1.82, 2.24) is 5.48 Å². The highest BCUT2D eigenvalue weighted by Crippen LogP contribution is 2.22. The van der Waals surface area contributed by atoms with Gasteiger partial charge in [0.1, 0.15) is 0 Å². The molecular formula is C19H17N3O6. The Bertz CT molecular complexity index is 979. The maximum Gasteiger partial charge on any atom is 0.335 e. The molecule has 0 atom stereocenters. The second kappa shape index (κ2) is 8.60. The van der Waals surface area contributed by atoms with Crippen LogP contribution in [0.1, 0.15) is 38.3 Å². The highest BCUT2D eigenvalue weighted by Gasteiger charge is 2.18. The standard InChI is InChI=1S/C19H17N3O6/c20-16(10-4-6-11(7-5-10)18(24)25)14(9-15(23)22-28)17(21)12-2-1-3-13(8-12)19(26)27/h1-8,21,28H,9,20H2,(H,22,23)(H,24,25)(H,26,27)/b16-14-,21-17?. The first kappa shape index (κ1) is 20.3. The molecule has 9 heteroatoms. The zero-order valence-electron chi connectivity index (χ0n) is 14.5. The first-order chi connectivity index (χ1) is 13.2. The van der Waals surface area contributed by atoms with Crippen molar-refractivity contribution in [3.63, 3.8) is 0 Å². The van der Waals surface area contributed by atoms with Gasteiger partial charge in [0.25, 0.3) is 0 Å². The number of benzene rings is 2. The largest absolute Gasteiger partial charge is 0.478 e. The summed E-state index contributed by atoms with van der Waals surface area (Å²) in [5.41, 5.74) is 8.01. The number of carbonyl (C=O) groups excluding carboxylic acids is 1. The first-order valence-electron chi connectivity index (χ1n) is 7.92. The number of carboxylic acid groups (broad SMARTS) is 2. The topological polar surface area (TPSA) is 174 Å². The van der Waals surface area contributed by atoms with Crippen molar-refractivity contribution in [2.75, 3.05) is 0 Å². The molecule has 2 aromatic carbocycles.